The Hall–Kier alpha value is -2.25. The van der Waals surface area contributed by atoms with E-state index in [0.717, 1.165) is 29.3 Å². The highest BCUT2D eigenvalue weighted by Gasteiger charge is 2.32. The number of rotatable bonds is 2. The standard InChI is InChI=1S/C19H17Cl2F3N2O2/c1-18(2,3)26(25-16(27)14-9-8-13(20)10-15(14)21)17(28)11-4-6-12(7-5-11)19(22,23)24/h4-10H,1-3H3,(H,25,27). The quantitative estimate of drug-likeness (QED) is 0.627. The van der Waals surface area contributed by atoms with E-state index in [4.69, 9.17) is 23.2 Å². The molecule has 0 fully saturated rings. The lowest BCUT2D eigenvalue weighted by atomic mass is 10.1. The highest BCUT2D eigenvalue weighted by Crippen LogP contribution is 2.29. The number of nitrogens with one attached hydrogen (secondary N) is 1. The van der Waals surface area contributed by atoms with Crippen LogP contribution in [0.1, 0.15) is 47.1 Å². The summed E-state index contributed by atoms with van der Waals surface area (Å²) in [5, 5.41) is 1.49. The fourth-order valence-corrected chi connectivity index (χ4v) is 2.78. The van der Waals surface area contributed by atoms with Gasteiger partial charge in [0, 0.05) is 10.6 Å². The van der Waals surface area contributed by atoms with Crippen LogP contribution in [-0.2, 0) is 6.18 Å². The first kappa shape index (κ1) is 22.0. The number of amides is 2. The molecule has 0 aliphatic heterocycles. The third-order valence-corrected chi connectivity index (χ3v) is 4.27. The predicted molar refractivity (Wildman–Crippen MR) is 101 cm³/mol. The molecule has 0 aromatic heterocycles. The summed E-state index contributed by atoms with van der Waals surface area (Å²) in [6.07, 6.45) is -4.51. The van der Waals surface area contributed by atoms with Gasteiger partial charge in [0.05, 0.1) is 21.7 Å². The second-order valence-electron chi connectivity index (χ2n) is 6.95. The molecule has 2 aromatic carbocycles. The van der Waals surface area contributed by atoms with E-state index in [1.165, 1.54) is 18.2 Å². The second-order valence-corrected chi connectivity index (χ2v) is 7.80. The summed E-state index contributed by atoms with van der Waals surface area (Å²) in [5.41, 5.74) is 0.822. The molecule has 2 rings (SSSR count). The molecule has 0 aliphatic rings. The van der Waals surface area contributed by atoms with Crippen LogP contribution in [0.15, 0.2) is 42.5 Å². The average molecular weight is 433 g/mol. The van der Waals surface area contributed by atoms with Gasteiger partial charge >= 0.3 is 6.18 Å². The Morgan fingerprint density at radius 3 is 2.00 bits per heavy atom. The van der Waals surface area contributed by atoms with Gasteiger partial charge in [0.1, 0.15) is 0 Å². The molecule has 2 amide bonds. The van der Waals surface area contributed by atoms with Gasteiger partial charge in [-0.2, -0.15) is 13.2 Å². The number of carbonyl (C=O) groups excluding carboxylic acids is 2. The molecular weight excluding hydrogens is 416 g/mol. The molecule has 0 spiro atoms. The zero-order valence-electron chi connectivity index (χ0n) is 15.2. The molecule has 0 radical (unpaired) electrons. The predicted octanol–water partition coefficient (Wildman–Crippen LogP) is 5.60. The maximum atomic E-state index is 12.8. The minimum atomic E-state index is -4.51. The van der Waals surface area contributed by atoms with Gasteiger partial charge in [-0.15, -0.1) is 0 Å². The van der Waals surface area contributed by atoms with E-state index in [-0.39, 0.29) is 16.1 Å². The largest absolute Gasteiger partial charge is 0.416 e. The topological polar surface area (TPSA) is 49.4 Å². The first-order chi connectivity index (χ1) is 12.8. The van der Waals surface area contributed by atoms with E-state index in [9.17, 15) is 22.8 Å². The Morgan fingerprint density at radius 2 is 1.54 bits per heavy atom. The number of nitrogens with zero attached hydrogens (tertiary/aromatic N) is 1. The highest BCUT2D eigenvalue weighted by atomic mass is 35.5. The van der Waals surface area contributed by atoms with Crippen molar-refractivity contribution in [2.45, 2.75) is 32.5 Å². The molecule has 0 saturated carbocycles. The number of benzene rings is 2. The van der Waals surface area contributed by atoms with E-state index in [1.807, 2.05) is 0 Å². The molecule has 1 N–H and O–H groups in total. The van der Waals surface area contributed by atoms with E-state index in [1.54, 1.807) is 20.8 Å². The van der Waals surface area contributed by atoms with Crippen LogP contribution in [-0.4, -0.2) is 22.4 Å². The highest BCUT2D eigenvalue weighted by molar-refractivity contribution is 6.36. The summed E-state index contributed by atoms with van der Waals surface area (Å²) < 4.78 is 38.2. The fraction of sp³-hybridized carbons (Fsp3) is 0.263. The molecule has 2 aromatic rings. The minimum absolute atomic E-state index is 0.00886. The molecule has 4 nitrogen and oxygen atoms in total. The van der Waals surface area contributed by atoms with Crippen LogP contribution < -0.4 is 5.43 Å². The number of halogens is 5. The van der Waals surface area contributed by atoms with Crippen molar-refractivity contribution in [2.75, 3.05) is 0 Å². The summed E-state index contributed by atoms with van der Waals surface area (Å²) >= 11 is 11.8. The summed E-state index contributed by atoms with van der Waals surface area (Å²) in [7, 11) is 0. The SMILES string of the molecule is CC(C)(C)N(NC(=O)c1ccc(Cl)cc1Cl)C(=O)c1ccc(C(F)(F)F)cc1. The van der Waals surface area contributed by atoms with Crippen LogP contribution in [0.2, 0.25) is 10.0 Å². The molecule has 0 saturated heterocycles. The summed E-state index contributed by atoms with van der Waals surface area (Å²) in [4.78, 5) is 25.4. The van der Waals surface area contributed by atoms with Crippen LogP contribution in [0.25, 0.3) is 0 Å². The monoisotopic (exact) mass is 432 g/mol. The Morgan fingerprint density at radius 1 is 0.964 bits per heavy atom. The number of carbonyl (C=O) groups is 2. The number of hydrogen-bond donors (Lipinski definition) is 1. The molecule has 150 valence electrons. The van der Waals surface area contributed by atoms with Gasteiger partial charge in [-0.1, -0.05) is 23.2 Å². The second kappa shape index (κ2) is 8.01. The smallest absolute Gasteiger partial charge is 0.267 e. The maximum Gasteiger partial charge on any atom is 0.416 e. The maximum absolute atomic E-state index is 12.8. The fourth-order valence-electron chi connectivity index (χ4n) is 2.29. The minimum Gasteiger partial charge on any atom is -0.267 e. The molecule has 0 heterocycles. The van der Waals surface area contributed by atoms with Crippen LogP contribution >= 0.6 is 23.2 Å². The van der Waals surface area contributed by atoms with Crippen molar-refractivity contribution in [1.29, 1.82) is 0 Å². The zero-order chi connectivity index (χ0) is 21.3. The summed E-state index contributed by atoms with van der Waals surface area (Å²) in [5.74, 6) is -1.32. The van der Waals surface area contributed by atoms with Crippen molar-refractivity contribution >= 4 is 35.0 Å². The number of hydrogen-bond acceptors (Lipinski definition) is 2. The summed E-state index contributed by atoms with van der Waals surface area (Å²) in [6, 6.07) is 8.01. The van der Waals surface area contributed by atoms with Gasteiger partial charge in [0.2, 0.25) is 0 Å². The van der Waals surface area contributed by atoms with Crippen molar-refractivity contribution in [3.63, 3.8) is 0 Å². The van der Waals surface area contributed by atoms with E-state index >= 15 is 0 Å². The Bertz CT molecular complexity index is 892. The van der Waals surface area contributed by atoms with Gasteiger partial charge < -0.3 is 0 Å². The number of hydrazine groups is 1. The van der Waals surface area contributed by atoms with Crippen molar-refractivity contribution < 1.29 is 22.8 Å². The Kier molecular flexibility index (Phi) is 6.31. The molecule has 9 heteroatoms. The van der Waals surface area contributed by atoms with Crippen molar-refractivity contribution in [3.05, 3.63) is 69.2 Å². The van der Waals surface area contributed by atoms with Gasteiger partial charge in [-0.05, 0) is 63.2 Å². The molecule has 0 aliphatic carbocycles. The van der Waals surface area contributed by atoms with Crippen LogP contribution in [0.4, 0.5) is 13.2 Å². The lowest BCUT2D eigenvalue weighted by Crippen LogP contribution is -2.55. The third kappa shape index (κ3) is 5.17. The first-order valence-electron chi connectivity index (χ1n) is 8.08. The summed E-state index contributed by atoms with van der Waals surface area (Å²) in [6.45, 7) is 5.00. The number of alkyl halides is 3. The Labute approximate surface area is 170 Å². The Balaban J connectivity index is 2.31. The first-order valence-corrected chi connectivity index (χ1v) is 8.84. The van der Waals surface area contributed by atoms with E-state index < -0.39 is 29.1 Å². The molecular formula is C19H17Cl2F3N2O2. The van der Waals surface area contributed by atoms with Crippen LogP contribution in [0, 0.1) is 0 Å². The lowest BCUT2D eigenvalue weighted by Gasteiger charge is -2.35. The van der Waals surface area contributed by atoms with E-state index in [0.29, 0.717) is 5.02 Å². The third-order valence-electron chi connectivity index (χ3n) is 3.72. The van der Waals surface area contributed by atoms with Gasteiger partial charge in [-0.3, -0.25) is 15.0 Å². The van der Waals surface area contributed by atoms with Gasteiger partial charge in [-0.25, -0.2) is 5.01 Å². The molecule has 0 atom stereocenters. The van der Waals surface area contributed by atoms with Gasteiger partial charge in [0.15, 0.2) is 0 Å². The van der Waals surface area contributed by atoms with Crippen LogP contribution in [0.5, 0.6) is 0 Å². The van der Waals surface area contributed by atoms with Crippen molar-refractivity contribution in [1.82, 2.24) is 10.4 Å². The molecule has 28 heavy (non-hydrogen) atoms. The van der Waals surface area contributed by atoms with Crippen molar-refractivity contribution in [3.8, 4) is 0 Å². The molecule has 0 bridgehead atoms. The average Bonchev–Trinajstić information content (AvgIpc) is 2.57. The van der Waals surface area contributed by atoms with Gasteiger partial charge in [0.25, 0.3) is 11.8 Å². The normalized spacial score (nSPS) is 11.9. The van der Waals surface area contributed by atoms with Crippen LogP contribution in [0.3, 0.4) is 0 Å². The lowest BCUT2D eigenvalue weighted by molar-refractivity contribution is -0.137. The van der Waals surface area contributed by atoms with Crippen molar-refractivity contribution in [2.24, 2.45) is 0 Å². The zero-order valence-corrected chi connectivity index (χ0v) is 16.7. The molecule has 0 unspecified atom stereocenters. The van der Waals surface area contributed by atoms with E-state index in [2.05, 4.69) is 5.43 Å².